The van der Waals surface area contributed by atoms with Gasteiger partial charge in [0.05, 0.1) is 12.8 Å². The van der Waals surface area contributed by atoms with Gasteiger partial charge in [0, 0.05) is 5.56 Å². The lowest BCUT2D eigenvalue weighted by atomic mass is 10.0. The van der Waals surface area contributed by atoms with E-state index >= 15 is 0 Å². The molecule has 2 N–H and O–H groups in total. The summed E-state index contributed by atoms with van der Waals surface area (Å²) < 4.78 is 5.22. The fraction of sp³-hybridized carbons (Fsp3) is 0.174. The zero-order chi connectivity index (χ0) is 22.0. The van der Waals surface area contributed by atoms with Gasteiger partial charge in [-0.25, -0.2) is 0 Å². The van der Waals surface area contributed by atoms with Gasteiger partial charge < -0.3 is 9.84 Å². The van der Waals surface area contributed by atoms with Gasteiger partial charge in [-0.05, 0) is 67.9 Å². The molecular weight excluding hydrogens is 400 g/mol. The smallest absolute Gasteiger partial charge is 0.270 e. The number of ether oxygens (including phenoxy) is 1. The molecule has 30 heavy (non-hydrogen) atoms. The molecule has 2 aromatic rings. The predicted octanol–water partition coefficient (Wildman–Crippen LogP) is 3.58. The largest absolute Gasteiger partial charge is 0.504 e. The van der Waals surface area contributed by atoms with Crippen LogP contribution in [0.15, 0.2) is 48.6 Å². The summed E-state index contributed by atoms with van der Waals surface area (Å²) in [4.78, 5) is 27.1. The number of amides is 2. The van der Waals surface area contributed by atoms with E-state index in [2.05, 4.69) is 11.9 Å². The van der Waals surface area contributed by atoms with Crippen LogP contribution in [0.2, 0.25) is 0 Å². The highest BCUT2D eigenvalue weighted by Crippen LogP contribution is 2.33. The van der Waals surface area contributed by atoms with Gasteiger partial charge in [-0.3, -0.25) is 19.8 Å². The highest BCUT2D eigenvalue weighted by atomic mass is 32.1. The van der Waals surface area contributed by atoms with Crippen LogP contribution in [0.25, 0.3) is 6.08 Å². The van der Waals surface area contributed by atoms with Crippen LogP contribution in [0.4, 0.5) is 5.69 Å². The van der Waals surface area contributed by atoms with Crippen LogP contribution < -0.4 is 15.0 Å². The number of aryl methyl sites for hydroxylation is 2. The van der Waals surface area contributed by atoms with Crippen molar-refractivity contribution < 1.29 is 19.4 Å². The van der Waals surface area contributed by atoms with Gasteiger partial charge in [-0.1, -0.05) is 23.8 Å². The Hall–Kier alpha value is -3.45. The first-order valence-electron chi connectivity index (χ1n) is 9.26. The molecule has 154 valence electrons. The normalized spacial score (nSPS) is 15.4. The lowest BCUT2D eigenvalue weighted by molar-refractivity contribution is -0.122. The maximum Gasteiger partial charge on any atom is 0.270 e. The molecule has 0 bridgehead atoms. The first kappa shape index (κ1) is 21.3. The number of thiocarbonyl (C=S) groups is 1. The van der Waals surface area contributed by atoms with Crippen molar-refractivity contribution in [3.63, 3.8) is 0 Å². The number of nitrogens with one attached hydrogen (secondary N) is 1. The van der Waals surface area contributed by atoms with Crippen molar-refractivity contribution in [3.05, 3.63) is 70.8 Å². The highest BCUT2D eigenvalue weighted by molar-refractivity contribution is 7.80. The van der Waals surface area contributed by atoms with Crippen molar-refractivity contribution in [2.45, 2.75) is 20.3 Å². The second-order valence-electron chi connectivity index (χ2n) is 6.97. The summed E-state index contributed by atoms with van der Waals surface area (Å²) in [7, 11) is 1.43. The van der Waals surface area contributed by atoms with E-state index < -0.39 is 11.8 Å². The molecule has 1 heterocycles. The molecule has 0 unspecified atom stereocenters. The molecule has 0 radical (unpaired) electrons. The number of carbonyl (C=O) groups excluding carboxylic acids is 2. The van der Waals surface area contributed by atoms with Crippen LogP contribution in [-0.4, -0.2) is 29.1 Å². The van der Waals surface area contributed by atoms with E-state index in [1.54, 1.807) is 24.3 Å². The molecule has 0 aromatic heterocycles. The summed E-state index contributed by atoms with van der Waals surface area (Å²) in [6.45, 7) is 7.52. The molecular formula is C23H22N2O4S. The fourth-order valence-corrected chi connectivity index (χ4v) is 3.61. The average Bonchev–Trinajstić information content (AvgIpc) is 2.69. The molecule has 0 spiro atoms. The molecule has 1 saturated heterocycles. The van der Waals surface area contributed by atoms with Gasteiger partial charge in [0.15, 0.2) is 16.6 Å². The second-order valence-corrected chi connectivity index (χ2v) is 7.36. The van der Waals surface area contributed by atoms with E-state index in [1.165, 1.54) is 18.1 Å². The van der Waals surface area contributed by atoms with Crippen molar-refractivity contribution in [1.82, 2.24) is 5.32 Å². The van der Waals surface area contributed by atoms with Crippen LogP contribution in [-0.2, 0) is 16.0 Å². The average molecular weight is 423 g/mol. The summed E-state index contributed by atoms with van der Waals surface area (Å²) in [6.07, 6.45) is 3.51. The van der Waals surface area contributed by atoms with E-state index in [9.17, 15) is 14.7 Å². The second kappa shape index (κ2) is 8.51. The maximum absolute atomic E-state index is 13.2. The number of aromatic hydroxyl groups is 1. The number of anilines is 1. The summed E-state index contributed by atoms with van der Waals surface area (Å²) in [5, 5.41) is 12.9. The number of rotatable bonds is 5. The van der Waals surface area contributed by atoms with Gasteiger partial charge in [0.2, 0.25) is 0 Å². The number of phenols is 1. The number of carbonyl (C=O) groups is 2. The van der Waals surface area contributed by atoms with Crippen molar-refractivity contribution in [2.24, 2.45) is 0 Å². The summed E-state index contributed by atoms with van der Waals surface area (Å²) in [5.41, 5.74) is 3.56. The molecule has 0 aliphatic carbocycles. The number of hydrogen-bond acceptors (Lipinski definition) is 5. The Morgan fingerprint density at radius 3 is 2.60 bits per heavy atom. The van der Waals surface area contributed by atoms with Gasteiger partial charge in [-0.15, -0.1) is 6.58 Å². The van der Waals surface area contributed by atoms with Crippen molar-refractivity contribution in [1.29, 1.82) is 0 Å². The third-order valence-corrected chi connectivity index (χ3v) is 5.05. The maximum atomic E-state index is 13.2. The number of allylic oxidation sites excluding steroid dienone is 1. The monoisotopic (exact) mass is 422 g/mol. The molecule has 2 aromatic carbocycles. The number of hydrogen-bond donors (Lipinski definition) is 2. The SMILES string of the molecule is C=CCc1cc(/C=C2/C(=O)NC(=S)N(c3ccc(C)cc3C)C2=O)cc(OC)c1O. The van der Waals surface area contributed by atoms with E-state index in [0.717, 1.165) is 11.1 Å². The van der Waals surface area contributed by atoms with Crippen LogP contribution in [0, 0.1) is 13.8 Å². The lowest BCUT2D eigenvalue weighted by Gasteiger charge is -2.30. The number of benzene rings is 2. The molecule has 6 nitrogen and oxygen atoms in total. The zero-order valence-corrected chi connectivity index (χ0v) is 17.8. The molecule has 1 aliphatic rings. The van der Waals surface area contributed by atoms with Crippen molar-refractivity contribution >= 4 is 40.9 Å². The van der Waals surface area contributed by atoms with Crippen molar-refractivity contribution in [3.8, 4) is 11.5 Å². The third-order valence-electron chi connectivity index (χ3n) is 4.77. The lowest BCUT2D eigenvalue weighted by Crippen LogP contribution is -2.54. The minimum atomic E-state index is -0.580. The van der Waals surface area contributed by atoms with Crippen molar-refractivity contribution in [2.75, 3.05) is 12.0 Å². The predicted molar refractivity (Wildman–Crippen MR) is 121 cm³/mol. The Morgan fingerprint density at radius 1 is 1.23 bits per heavy atom. The first-order valence-corrected chi connectivity index (χ1v) is 9.67. The van der Waals surface area contributed by atoms with Crippen LogP contribution >= 0.6 is 12.2 Å². The third kappa shape index (κ3) is 3.97. The Balaban J connectivity index is 2.09. The molecule has 1 fully saturated rings. The number of methoxy groups -OCH3 is 1. The van der Waals surface area contributed by atoms with Gasteiger partial charge >= 0.3 is 0 Å². The van der Waals surface area contributed by atoms with E-state index in [4.69, 9.17) is 17.0 Å². The summed E-state index contributed by atoms with van der Waals surface area (Å²) in [5.74, 6) is -0.861. The van der Waals surface area contributed by atoms with Gasteiger partial charge in [-0.2, -0.15) is 0 Å². The number of phenolic OH excluding ortho intramolecular Hbond substituents is 1. The topological polar surface area (TPSA) is 78.9 Å². The van der Waals surface area contributed by atoms with E-state index in [-0.39, 0.29) is 22.2 Å². The number of nitrogens with zero attached hydrogens (tertiary/aromatic N) is 1. The van der Waals surface area contributed by atoms with Crippen LogP contribution in [0.3, 0.4) is 0 Å². The van der Waals surface area contributed by atoms with Gasteiger partial charge in [0.25, 0.3) is 11.8 Å². The molecule has 1 aliphatic heterocycles. The Morgan fingerprint density at radius 2 is 1.97 bits per heavy atom. The van der Waals surface area contributed by atoms with Crippen LogP contribution in [0.1, 0.15) is 22.3 Å². The highest BCUT2D eigenvalue weighted by Gasteiger charge is 2.35. The molecule has 3 rings (SSSR count). The Bertz CT molecular complexity index is 1100. The molecule has 0 saturated carbocycles. The first-order chi connectivity index (χ1) is 14.3. The quantitative estimate of drug-likeness (QED) is 0.333. The Kier molecular flexibility index (Phi) is 6.03. The van der Waals surface area contributed by atoms with Crippen LogP contribution in [0.5, 0.6) is 11.5 Å². The summed E-state index contributed by atoms with van der Waals surface area (Å²) in [6, 6.07) is 8.86. The minimum Gasteiger partial charge on any atom is -0.504 e. The molecule has 2 amide bonds. The Labute approximate surface area is 180 Å². The zero-order valence-electron chi connectivity index (χ0n) is 17.0. The summed E-state index contributed by atoms with van der Waals surface area (Å²) >= 11 is 5.27. The fourth-order valence-electron chi connectivity index (χ4n) is 3.34. The standard InChI is InChI=1S/C23H22N2O4S/c1-5-6-16-10-15(12-19(29-4)20(16)26)11-17-21(27)24-23(30)25(22(17)28)18-8-7-13(2)9-14(18)3/h5,7-12,26H,1,6H2,2-4H3,(H,24,27,30)/b17-11-. The van der Waals surface area contributed by atoms with E-state index in [0.29, 0.717) is 23.2 Å². The molecule has 0 atom stereocenters. The van der Waals surface area contributed by atoms with E-state index in [1.807, 2.05) is 26.0 Å². The van der Waals surface area contributed by atoms with Gasteiger partial charge in [0.1, 0.15) is 5.57 Å². The molecule has 7 heteroatoms. The minimum absolute atomic E-state index is 0.00273.